The SMILES string of the molecule is CCN(CCCCCCCCN1CCC(C)(OC(=O)Nc2ccccc2-c2ccccc2)CC1)CCc1ccccn1. The fourth-order valence-corrected chi connectivity index (χ4v) is 5.80. The second-order valence-corrected chi connectivity index (χ2v) is 11.8. The Balaban J connectivity index is 1.05. The predicted molar refractivity (Wildman–Crippen MR) is 174 cm³/mol. The standard InChI is InChI=1S/C36H50N4O2/c1-3-39(28-22-32-19-13-14-25-37-32)26-15-6-4-5-7-16-27-40-29-23-36(2,24-30-40)42-35(41)38-34-21-12-11-20-33(34)31-17-9-8-10-18-31/h8-14,17-21,25H,3-7,15-16,22-24,26-30H2,1-2H3,(H,38,41). The van der Waals surface area contributed by atoms with E-state index in [4.69, 9.17) is 4.74 Å². The van der Waals surface area contributed by atoms with E-state index in [1.165, 1.54) is 50.8 Å². The molecular formula is C36H50N4O2. The molecule has 0 saturated carbocycles. The number of aromatic nitrogens is 1. The van der Waals surface area contributed by atoms with Gasteiger partial charge in [-0.05, 0) is 76.0 Å². The molecule has 0 spiro atoms. The molecule has 1 N–H and O–H groups in total. The number of hydrogen-bond acceptors (Lipinski definition) is 5. The Morgan fingerprint density at radius 1 is 0.881 bits per heavy atom. The van der Waals surface area contributed by atoms with E-state index in [2.05, 4.69) is 58.2 Å². The Labute approximate surface area is 253 Å². The van der Waals surface area contributed by atoms with Crippen molar-refractivity contribution in [1.82, 2.24) is 14.8 Å². The number of para-hydroxylation sites is 1. The molecule has 1 aliphatic heterocycles. The van der Waals surface area contributed by atoms with Gasteiger partial charge in [-0.15, -0.1) is 0 Å². The van der Waals surface area contributed by atoms with E-state index in [0.29, 0.717) is 0 Å². The Kier molecular flexibility index (Phi) is 12.9. The van der Waals surface area contributed by atoms with Gasteiger partial charge in [0.25, 0.3) is 0 Å². The number of nitrogens with one attached hydrogen (secondary N) is 1. The van der Waals surface area contributed by atoms with Gasteiger partial charge in [-0.2, -0.15) is 0 Å². The molecule has 1 fully saturated rings. The molecule has 0 radical (unpaired) electrons. The third-order valence-corrected chi connectivity index (χ3v) is 8.56. The van der Waals surface area contributed by atoms with Crippen LogP contribution in [0.15, 0.2) is 79.0 Å². The molecule has 4 rings (SSSR count). The Bertz CT molecular complexity index is 1180. The largest absolute Gasteiger partial charge is 0.443 e. The molecule has 1 amide bonds. The van der Waals surface area contributed by atoms with Crippen LogP contribution in [0.25, 0.3) is 11.1 Å². The van der Waals surface area contributed by atoms with Crippen LogP contribution in [0.5, 0.6) is 0 Å². The Hall–Kier alpha value is -3.22. The van der Waals surface area contributed by atoms with Crippen LogP contribution in [0.1, 0.15) is 70.9 Å². The fourth-order valence-electron chi connectivity index (χ4n) is 5.80. The normalized spacial score (nSPS) is 15.0. The minimum atomic E-state index is -0.424. The summed E-state index contributed by atoms with van der Waals surface area (Å²) in [4.78, 5) is 22.4. The van der Waals surface area contributed by atoms with E-state index < -0.39 is 5.60 Å². The Morgan fingerprint density at radius 3 is 2.31 bits per heavy atom. The molecule has 42 heavy (non-hydrogen) atoms. The first-order chi connectivity index (χ1) is 20.5. The summed E-state index contributed by atoms with van der Waals surface area (Å²) in [5.74, 6) is 0. The van der Waals surface area contributed by atoms with Crippen molar-refractivity contribution < 1.29 is 9.53 Å². The number of ether oxygens (including phenoxy) is 1. The molecule has 0 unspecified atom stereocenters. The van der Waals surface area contributed by atoms with Crippen molar-refractivity contribution in [3.05, 3.63) is 84.7 Å². The lowest BCUT2D eigenvalue weighted by atomic mass is 9.93. The number of pyridine rings is 1. The molecule has 0 bridgehead atoms. The van der Waals surface area contributed by atoms with Crippen molar-refractivity contribution >= 4 is 11.8 Å². The van der Waals surface area contributed by atoms with Gasteiger partial charge in [0.05, 0.1) is 5.69 Å². The van der Waals surface area contributed by atoms with E-state index in [1.54, 1.807) is 0 Å². The van der Waals surface area contributed by atoms with Crippen LogP contribution in [-0.2, 0) is 11.2 Å². The minimum Gasteiger partial charge on any atom is -0.443 e. The summed E-state index contributed by atoms with van der Waals surface area (Å²) in [5, 5.41) is 3.00. The highest BCUT2D eigenvalue weighted by molar-refractivity contribution is 5.91. The number of likely N-dealkylation sites (tertiary alicyclic amines) is 1. The molecule has 226 valence electrons. The summed E-state index contributed by atoms with van der Waals surface area (Å²) >= 11 is 0. The average molecular weight is 571 g/mol. The van der Waals surface area contributed by atoms with Gasteiger partial charge < -0.3 is 14.5 Å². The van der Waals surface area contributed by atoms with Crippen LogP contribution in [0.3, 0.4) is 0 Å². The monoisotopic (exact) mass is 570 g/mol. The molecule has 0 atom stereocenters. The molecule has 2 heterocycles. The number of nitrogens with zero attached hydrogens (tertiary/aromatic N) is 3. The van der Waals surface area contributed by atoms with Crippen LogP contribution < -0.4 is 5.32 Å². The lowest BCUT2D eigenvalue weighted by Crippen LogP contribution is -2.46. The van der Waals surface area contributed by atoms with Crippen molar-refractivity contribution in [2.24, 2.45) is 0 Å². The van der Waals surface area contributed by atoms with E-state index in [-0.39, 0.29) is 6.09 Å². The van der Waals surface area contributed by atoms with Crippen LogP contribution in [0.2, 0.25) is 0 Å². The van der Waals surface area contributed by atoms with Crippen LogP contribution >= 0.6 is 0 Å². The number of benzene rings is 2. The predicted octanol–water partition coefficient (Wildman–Crippen LogP) is 8.06. The summed E-state index contributed by atoms with van der Waals surface area (Å²) in [6.07, 6.45) is 12.1. The van der Waals surface area contributed by atoms with Crippen LogP contribution in [-0.4, -0.2) is 65.7 Å². The molecule has 1 saturated heterocycles. The number of piperidine rings is 1. The Morgan fingerprint density at radius 2 is 1.57 bits per heavy atom. The van der Waals surface area contributed by atoms with Gasteiger partial charge in [-0.3, -0.25) is 10.3 Å². The summed E-state index contributed by atoms with van der Waals surface area (Å²) < 4.78 is 5.98. The number of hydrogen-bond donors (Lipinski definition) is 1. The number of rotatable bonds is 16. The maximum absolute atomic E-state index is 12.9. The maximum atomic E-state index is 12.9. The maximum Gasteiger partial charge on any atom is 0.412 e. The van der Waals surface area contributed by atoms with Crippen molar-refractivity contribution in [2.45, 2.75) is 77.2 Å². The number of unbranched alkanes of at least 4 members (excludes halogenated alkanes) is 5. The highest BCUT2D eigenvalue weighted by atomic mass is 16.6. The van der Waals surface area contributed by atoms with E-state index in [9.17, 15) is 4.79 Å². The zero-order valence-electron chi connectivity index (χ0n) is 25.8. The molecule has 1 aliphatic rings. The molecule has 0 aliphatic carbocycles. The highest BCUT2D eigenvalue weighted by Gasteiger charge is 2.33. The summed E-state index contributed by atoms with van der Waals surface area (Å²) in [7, 11) is 0. The molecule has 1 aromatic heterocycles. The van der Waals surface area contributed by atoms with Crippen molar-refractivity contribution in [1.29, 1.82) is 0 Å². The van der Waals surface area contributed by atoms with Gasteiger partial charge in [-0.25, -0.2) is 4.79 Å². The second kappa shape index (κ2) is 17.0. The van der Waals surface area contributed by atoms with Gasteiger partial charge in [0.2, 0.25) is 0 Å². The van der Waals surface area contributed by atoms with Crippen molar-refractivity contribution in [2.75, 3.05) is 44.6 Å². The quantitative estimate of drug-likeness (QED) is 0.177. The zero-order chi connectivity index (χ0) is 29.5. The van der Waals surface area contributed by atoms with Gasteiger partial charge in [0.15, 0.2) is 0 Å². The number of carbonyl (C=O) groups is 1. The first-order valence-electron chi connectivity index (χ1n) is 16.0. The van der Waals surface area contributed by atoms with Gasteiger partial charge in [0, 0.05) is 43.5 Å². The fraction of sp³-hybridized carbons (Fsp3) is 0.500. The smallest absolute Gasteiger partial charge is 0.412 e. The molecule has 6 nitrogen and oxygen atoms in total. The average Bonchev–Trinajstić information content (AvgIpc) is 3.02. The topological polar surface area (TPSA) is 57.7 Å². The van der Waals surface area contributed by atoms with E-state index >= 15 is 0 Å². The number of carbonyl (C=O) groups excluding carboxylic acids is 1. The highest BCUT2D eigenvalue weighted by Crippen LogP contribution is 2.30. The van der Waals surface area contributed by atoms with Gasteiger partial charge >= 0.3 is 6.09 Å². The first-order valence-corrected chi connectivity index (χ1v) is 16.0. The van der Waals surface area contributed by atoms with Crippen LogP contribution in [0.4, 0.5) is 10.5 Å². The summed E-state index contributed by atoms with van der Waals surface area (Å²) in [5.41, 5.74) is 3.61. The van der Waals surface area contributed by atoms with Crippen molar-refractivity contribution in [3.63, 3.8) is 0 Å². The minimum absolute atomic E-state index is 0.371. The molecular weight excluding hydrogens is 520 g/mol. The number of anilines is 1. The first kappa shape index (κ1) is 31.7. The van der Waals surface area contributed by atoms with Crippen molar-refractivity contribution in [3.8, 4) is 11.1 Å². The molecule has 2 aromatic carbocycles. The third kappa shape index (κ3) is 10.6. The molecule has 6 heteroatoms. The third-order valence-electron chi connectivity index (χ3n) is 8.56. The lowest BCUT2D eigenvalue weighted by molar-refractivity contribution is -0.0163. The van der Waals surface area contributed by atoms with E-state index in [1.807, 2.05) is 54.7 Å². The van der Waals surface area contributed by atoms with Crippen LogP contribution in [0, 0.1) is 0 Å². The number of amides is 1. The zero-order valence-corrected chi connectivity index (χ0v) is 25.8. The van der Waals surface area contributed by atoms with E-state index in [0.717, 1.165) is 68.8 Å². The second-order valence-electron chi connectivity index (χ2n) is 11.8. The lowest BCUT2D eigenvalue weighted by Gasteiger charge is -2.38. The summed E-state index contributed by atoms with van der Waals surface area (Å²) in [6.45, 7) is 10.8. The summed E-state index contributed by atoms with van der Waals surface area (Å²) in [6, 6.07) is 24.2. The van der Waals surface area contributed by atoms with Gasteiger partial charge in [0.1, 0.15) is 5.60 Å². The number of likely N-dealkylation sites (N-methyl/N-ethyl adjacent to an activating group) is 1. The molecule has 3 aromatic rings. The van der Waals surface area contributed by atoms with Gasteiger partial charge in [-0.1, -0.05) is 87.2 Å².